The van der Waals surface area contributed by atoms with Crippen LogP contribution in [0.1, 0.15) is 0 Å². The van der Waals surface area contributed by atoms with Crippen molar-refractivity contribution < 1.29 is 4.74 Å². The summed E-state index contributed by atoms with van der Waals surface area (Å²) in [5.41, 5.74) is 0. The van der Waals surface area contributed by atoms with E-state index in [9.17, 15) is 0 Å². The largest absolute Gasteiger partial charge is 0.479 e. The Bertz CT molecular complexity index is 174. The van der Waals surface area contributed by atoms with Gasteiger partial charge in [0.05, 0.1) is 13.4 Å². The van der Waals surface area contributed by atoms with Crippen LogP contribution in [0.4, 0.5) is 0 Å². The quantitative estimate of drug-likeness (QED) is 0.699. The molecule has 0 unspecified atom stereocenters. The van der Waals surface area contributed by atoms with Gasteiger partial charge in [-0.1, -0.05) is 0 Å². The van der Waals surface area contributed by atoms with Crippen molar-refractivity contribution >= 4 is 15.9 Å². The summed E-state index contributed by atoms with van der Waals surface area (Å²) in [7, 11) is 1.57. The first-order valence-corrected chi connectivity index (χ1v) is 2.86. The first kappa shape index (κ1) is 5.62. The summed E-state index contributed by atoms with van der Waals surface area (Å²) in [6, 6.07) is 0. The summed E-state index contributed by atoms with van der Waals surface area (Å²) in [4.78, 5) is 6.61. The van der Waals surface area contributed by atoms with Crippen LogP contribution in [0, 0.1) is 0 Å². The Morgan fingerprint density at radius 1 is 1.88 bits per heavy atom. The van der Waals surface area contributed by atoms with Gasteiger partial charge in [-0.2, -0.15) is 0 Å². The number of imidazole rings is 1. The predicted octanol–water partition coefficient (Wildman–Crippen LogP) is 1.18. The SMILES string of the molecule is COc1nc[nH]c1Br. The molecule has 0 fully saturated rings. The van der Waals surface area contributed by atoms with Gasteiger partial charge in [-0.05, 0) is 15.9 Å². The molecule has 0 aliphatic heterocycles. The summed E-state index contributed by atoms with van der Waals surface area (Å²) in [6.07, 6.45) is 1.56. The number of hydrogen-bond acceptors (Lipinski definition) is 2. The van der Waals surface area contributed by atoms with E-state index in [0.29, 0.717) is 5.88 Å². The molecule has 0 aromatic carbocycles. The van der Waals surface area contributed by atoms with E-state index in [1.165, 1.54) is 0 Å². The van der Waals surface area contributed by atoms with Gasteiger partial charge in [0, 0.05) is 0 Å². The van der Waals surface area contributed by atoms with Crippen LogP contribution in [0.15, 0.2) is 10.9 Å². The van der Waals surface area contributed by atoms with Gasteiger partial charge in [0.2, 0.25) is 5.88 Å². The molecule has 1 aromatic rings. The van der Waals surface area contributed by atoms with E-state index < -0.39 is 0 Å². The average Bonchev–Trinajstić information content (AvgIpc) is 2.14. The summed E-state index contributed by atoms with van der Waals surface area (Å²) in [5, 5.41) is 0. The van der Waals surface area contributed by atoms with Gasteiger partial charge in [0.25, 0.3) is 0 Å². The molecule has 0 atom stereocenters. The van der Waals surface area contributed by atoms with E-state index in [-0.39, 0.29) is 0 Å². The maximum atomic E-state index is 4.80. The second kappa shape index (κ2) is 2.17. The fraction of sp³-hybridized carbons (Fsp3) is 0.250. The van der Waals surface area contributed by atoms with Gasteiger partial charge in [0.1, 0.15) is 4.60 Å². The molecule has 0 bridgehead atoms. The van der Waals surface area contributed by atoms with Gasteiger partial charge in [0.15, 0.2) is 0 Å². The maximum absolute atomic E-state index is 4.80. The minimum atomic E-state index is 0.588. The van der Waals surface area contributed by atoms with Crippen LogP contribution in [0.2, 0.25) is 0 Å². The number of aromatic nitrogens is 2. The fourth-order valence-corrected chi connectivity index (χ4v) is 0.775. The van der Waals surface area contributed by atoms with E-state index in [0.717, 1.165) is 4.60 Å². The van der Waals surface area contributed by atoms with Crippen LogP contribution in [0.3, 0.4) is 0 Å². The van der Waals surface area contributed by atoms with Crippen molar-refractivity contribution in [3.8, 4) is 5.88 Å². The van der Waals surface area contributed by atoms with E-state index in [1.807, 2.05) is 0 Å². The molecule has 0 aliphatic carbocycles. The van der Waals surface area contributed by atoms with Crippen molar-refractivity contribution in [2.24, 2.45) is 0 Å². The first-order valence-electron chi connectivity index (χ1n) is 2.07. The van der Waals surface area contributed by atoms with Crippen LogP contribution < -0.4 is 4.74 Å². The highest BCUT2D eigenvalue weighted by molar-refractivity contribution is 9.10. The van der Waals surface area contributed by atoms with Gasteiger partial charge >= 0.3 is 0 Å². The minimum absolute atomic E-state index is 0.588. The lowest BCUT2D eigenvalue weighted by Crippen LogP contribution is -1.80. The lowest BCUT2D eigenvalue weighted by atomic mass is 10.9. The van der Waals surface area contributed by atoms with Gasteiger partial charge in [-0.25, -0.2) is 4.98 Å². The molecule has 4 heteroatoms. The van der Waals surface area contributed by atoms with Gasteiger partial charge in [-0.3, -0.25) is 0 Å². The highest BCUT2D eigenvalue weighted by Crippen LogP contribution is 2.17. The van der Waals surface area contributed by atoms with Crippen molar-refractivity contribution in [3.05, 3.63) is 10.9 Å². The number of methoxy groups -OCH3 is 1. The number of H-pyrrole nitrogens is 1. The van der Waals surface area contributed by atoms with Crippen molar-refractivity contribution in [2.45, 2.75) is 0 Å². The first-order chi connectivity index (χ1) is 3.84. The van der Waals surface area contributed by atoms with E-state index in [1.54, 1.807) is 13.4 Å². The van der Waals surface area contributed by atoms with Crippen LogP contribution in [-0.2, 0) is 0 Å². The van der Waals surface area contributed by atoms with Crippen molar-refractivity contribution in [1.29, 1.82) is 0 Å². The highest BCUT2D eigenvalue weighted by atomic mass is 79.9. The lowest BCUT2D eigenvalue weighted by Gasteiger charge is -1.89. The molecule has 0 saturated heterocycles. The molecule has 1 aromatic heterocycles. The molecule has 1 heterocycles. The third-order valence-corrected chi connectivity index (χ3v) is 1.32. The molecule has 0 spiro atoms. The number of nitrogens with one attached hydrogen (secondary N) is 1. The molecular weight excluding hydrogens is 172 g/mol. The number of nitrogens with zero attached hydrogens (tertiary/aromatic N) is 1. The summed E-state index contributed by atoms with van der Waals surface area (Å²) in [5.74, 6) is 0.588. The summed E-state index contributed by atoms with van der Waals surface area (Å²) in [6.45, 7) is 0. The monoisotopic (exact) mass is 176 g/mol. The zero-order chi connectivity index (χ0) is 5.98. The molecule has 44 valence electrons. The van der Waals surface area contributed by atoms with E-state index >= 15 is 0 Å². The number of aromatic amines is 1. The molecule has 3 nitrogen and oxygen atoms in total. The van der Waals surface area contributed by atoms with Crippen molar-refractivity contribution in [2.75, 3.05) is 7.11 Å². The van der Waals surface area contributed by atoms with Crippen LogP contribution in [0.25, 0.3) is 0 Å². The molecule has 1 N–H and O–H groups in total. The number of hydrogen-bond donors (Lipinski definition) is 1. The Kier molecular flexibility index (Phi) is 1.53. The number of rotatable bonds is 1. The Morgan fingerprint density at radius 2 is 2.62 bits per heavy atom. The number of ether oxygens (including phenoxy) is 1. The highest BCUT2D eigenvalue weighted by Gasteiger charge is 1.97. The zero-order valence-corrected chi connectivity index (χ0v) is 5.90. The Hall–Kier alpha value is -0.510. The number of halogens is 1. The molecule has 1 rings (SSSR count). The molecule has 0 aliphatic rings. The lowest BCUT2D eigenvalue weighted by molar-refractivity contribution is 0.397. The second-order valence-corrected chi connectivity index (χ2v) is 2.02. The normalized spacial score (nSPS) is 9.25. The van der Waals surface area contributed by atoms with Gasteiger partial charge < -0.3 is 9.72 Å². The topological polar surface area (TPSA) is 37.9 Å². The molecule has 0 saturated carbocycles. The van der Waals surface area contributed by atoms with E-state index in [2.05, 4.69) is 25.9 Å². The third-order valence-electron chi connectivity index (χ3n) is 0.754. The maximum Gasteiger partial charge on any atom is 0.246 e. The van der Waals surface area contributed by atoms with Gasteiger partial charge in [-0.15, -0.1) is 0 Å². The van der Waals surface area contributed by atoms with Crippen LogP contribution in [-0.4, -0.2) is 17.1 Å². The average molecular weight is 177 g/mol. The van der Waals surface area contributed by atoms with E-state index in [4.69, 9.17) is 4.74 Å². The zero-order valence-electron chi connectivity index (χ0n) is 4.31. The Morgan fingerprint density at radius 3 is 2.88 bits per heavy atom. The molecule has 0 amide bonds. The fourth-order valence-electron chi connectivity index (χ4n) is 0.408. The smallest absolute Gasteiger partial charge is 0.246 e. The predicted molar refractivity (Wildman–Crippen MR) is 32.8 cm³/mol. The van der Waals surface area contributed by atoms with Crippen molar-refractivity contribution in [1.82, 2.24) is 9.97 Å². The second-order valence-electron chi connectivity index (χ2n) is 1.23. The van der Waals surface area contributed by atoms with Crippen LogP contribution in [0.5, 0.6) is 5.88 Å². The minimum Gasteiger partial charge on any atom is -0.479 e. The standard InChI is InChI=1S/C4H5BrN2O/c1-8-4-3(5)6-2-7-4/h2H,1H3,(H,6,7). The third kappa shape index (κ3) is 0.838. The van der Waals surface area contributed by atoms with Crippen molar-refractivity contribution in [3.63, 3.8) is 0 Å². The summed E-state index contributed by atoms with van der Waals surface area (Å²) >= 11 is 3.18. The Labute approximate surface area is 55.2 Å². The van der Waals surface area contributed by atoms with Crippen LogP contribution >= 0.6 is 15.9 Å². The molecule has 0 radical (unpaired) electrons. The Balaban J connectivity index is 2.92. The molecular formula is C4H5BrN2O. The molecule has 8 heavy (non-hydrogen) atoms. The summed E-state index contributed by atoms with van der Waals surface area (Å²) < 4.78 is 5.57.